The molecule has 1 saturated heterocycles. The first kappa shape index (κ1) is 17.7. The van der Waals surface area contributed by atoms with Crippen molar-refractivity contribution in [2.24, 2.45) is 0 Å². The maximum absolute atomic E-state index is 13.4. The number of nitrogens with zero attached hydrogens (tertiary/aromatic N) is 1. The third-order valence-electron chi connectivity index (χ3n) is 5.80. The first-order chi connectivity index (χ1) is 12.5. The Morgan fingerprint density at radius 3 is 2.46 bits per heavy atom. The maximum Gasteiger partial charge on any atom is 0.234 e. The van der Waals surface area contributed by atoms with Crippen LogP contribution in [0.15, 0.2) is 52.7 Å². The van der Waals surface area contributed by atoms with Gasteiger partial charge in [0.05, 0.1) is 15.6 Å². The van der Waals surface area contributed by atoms with Crippen molar-refractivity contribution in [3.8, 4) is 0 Å². The lowest BCUT2D eigenvalue weighted by Crippen LogP contribution is -2.44. The molecular weight excluding hydrogens is 366 g/mol. The zero-order valence-corrected chi connectivity index (χ0v) is 16.3. The highest BCUT2D eigenvalue weighted by Gasteiger charge is 2.48. The second kappa shape index (κ2) is 6.82. The van der Waals surface area contributed by atoms with Crippen molar-refractivity contribution in [3.05, 3.63) is 52.7 Å². The molecule has 1 aliphatic carbocycles. The van der Waals surface area contributed by atoms with Crippen molar-refractivity contribution in [2.75, 3.05) is 13.1 Å². The highest BCUT2D eigenvalue weighted by atomic mass is 32.2. The summed E-state index contributed by atoms with van der Waals surface area (Å²) in [6, 6.07) is 12.6. The summed E-state index contributed by atoms with van der Waals surface area (Å²) in [6.45, 7) is 0.839. The van der Waals surface area contributed by atoms with E-state index in [9.17, 15) is 13.2 Å². The van der Waals surface area contributed by atoms with Crippen molar-refractivity contribution >= 4 is 27.1 Å². The SMILES string of the molecule is O=C(N1CC[C@H](S(=O)(=O)c2ccccc2)C1)C1(c2cccs2)CCCC1. The largest absolute Gasteiger partial charge is 0.341 e. The molecule has 1 saturated carbocycles. The van der Waals surface area contributed by atoms with Gasteiger partial charge in [-0.05, 0) is 42.8 Å². The van der Waals surface area contributed by atoms with Crippen LogP contribution in [-0.4, -0.2) is 37.6 Å². The Morgan fingerprint density at radius 1 is 1.08 bits per heavy atom. The van der Waals surface area contributed by atoms with E-state index in [0.717, 1.165) is 30.6 Å². The molecule has 1 aromatic carbocycles. The van der Waals surface area contributed by atoms with E-state index in [0.29, 0.717) is 24.4 Å². The van der Waals surface area contributed by atoms with E-state index in [1.165, 1.54) is 0 Å². The molecule has 2 aliphatic rings. The molecule has 1 aromatic heterocycles. The zero-order chi connectivity index (χ0) is 18.2. The van der Waals surface area contributed by atoms with Crippen molar-refractivity contribution in [1.82, 2.24) is 4.90 Å². The second-order valence-corrected chi connectivity index (χ2v) is 10.5. The van der Waals surface area contributed by atoms with Gasteiger partial charge in [-0.1, -0.05) is 37.1 Å². The van der Waals surface area contributed by atoms with E-state index < -0.39 is 20.5 Å². The minimum Gasteiger partial charge on any atom is -0.341 e. The number of benzene rings is 1. The molecule has 0 bridgehead atoms. The number of rotatable bonds is 4. The van der Waals surface area contributed by atoms with E-state index >= 15 is 0 Å². The fraction of sp³-hybridized carbons (Fsp3) is 0.450. The summed E-state index contributed by atoms with van der Waals surface area (Å²) in [5.41, 5.74) is -0.431. The second-order valence-electron chi connectivity index (χ2n) is 7.29. The van der Waals surface area contributed by atoms with Crippen LogP contribution in [0.5, 0.6) is 0 Å². The van der Waals surface area contributed by atoms with Gasteiger partial charge in [0.1, 0.15) is 0 Å². The molecule has 2 aromatic rings. The van der Waals surface area contributed by atoms with Crippen molar-refractivity contribution in [2.45, 2.75) is 47.7 Å². The molecule has 0 spiro atoms. The maximum atomic E-state index is 13.4. The van der Waals surface area contributed by atoms with Gasteiger partial charge in [-0.3, -0.25) is 4.79 Å². The Morgan fingerprint density at radius 2 is 1.81 bits per heavy atom. The average molecular weight is 390 g/mol. The van der Waals surface area contributed by atoms with E-state index in [4.69, 9.17) is 0 Å². The average Bonchev–Trinajstić information content (AvgIpc) is 3.43. The molecule has 0 radical (unpaired) electrons. The number of likely N-dealkylation sites (tertiary alicyclic amines) is 1. The normalized spacial score (nSPS) is 22.6. The fourth-order valence-electron chi connectivity index (χ4n) is 4.37. The summed E-state index contributed by atoms with van der Waals surface area (Å²) in [4.78, 5) is 16.7. The molecule has 2 fully saturated rings. The molecular formula is C20H23NO3S2. The molecule has 4 rings (SSSR count). The smallest absolute Gasteiger partial charge is 0.234 e. The van der Waals surface area contributed by atoms with Crippen LogP contribution in [0.3, 0.4) is 0 Å². The predicted molar refractivity (Wildman–Crippen MR) is 103 cm³/mol. The van der Waals surface area contributed by atoms with Gasteiger partial charge in [0.15, 0.2) is 9.84 Å². The Hall–Kier alpha value is -1.66. The lowest BCUT2D eigenvalue weighted by atomic mass is 9.83. The summed E-state index contributed by atoms with van der Waals surface area (Å²) in [5, 5.41) is 1.52. The number of amides is 1. The van der Waals surface area contributed by atoms with Gasteiger partial charge < -0.3 is 4.90 Å². The molecule has 2 heterocycles. The monoisotopic (exact) mass is 389 g/mol. The minimum atomic E-state index is -3.39. The molecule has 138 valence electrons. The third-order valence-corrected chi connectivity index (χ3v) is 9.07. The van der Waals surface area contributed by atoms with Crippen LogP contribution in [0.1, 0.15) is 37.0 Å². The van der Waals surface area contributed by atoms with E-state index in [-0.39, 0.29) is 5.91 Å². The highest BCUT2D eigenvalue weighted by molar-refractivity contribution is 7.92. The minimum absolute atomic E-state index is 0.128. The van der Waals surface area contributed by atoms with Gasteiger partial charge in [-0.15, -0.1) is 11.3 Å². The summed E-state index contributed by atoms with van der Waals surface area (Å²) in [5.74, 6) is 0.128. The van der Waals surface area contributed by atoms with Crippen LogP contribution < -0.4 is 0 Å². The highest BCUT2D eigenvalue weighted by Crippen LogP contribution is 2.45. The van der Waals surface area contributed by atoms with Crippen LogP contribution in [0.4, 0.5) is 0 Å². The molecule has 1 amide bonds. The van der Waals surface area contributed by atoms with Crippen molar-refractivity contribution < 1.29 is 13.2 Å². The number of hydrogen-bond donors (Lipinski definition) is 0. The Labute approximate surface area is 158 Å². The van der Waals surface area contributed by atoms with Gasteiger partial charge in [0, 0.05) is 18.0 Å². The van der Waals surface area contributed by atoms with Gasteiger partial charge in [-0.25, -0.2) is 8.42 Å². The quantitative estimate of drug-likeness (QED) is 0.802. The topological polar surface area (TPSA) is 54.5 Å². The molecule has 26 heavy (non-hydrogen) atoms. The Kier molecular flexibility index (Phi) is 4.65. The van der Waals surface area contributed by atoms with E-state index in [1.807, 2.05) is 17.5 Å². The number of sulfone groups is 1. The van der Waals surface area contributed by atoms with Gasteiger partial charge in [-0.2, -0.15) is 0 Å². The molecule has 1 aliphatic heterocycles. The van der Waals surface area contributed by atoms with Crippen molar-refractivity contribution in [1.29, 1.82) is 0 Å². The van der Waals surface area contributed by atoms with Gasteiger partial charge >= 0.3 is 0 Å². The first-order valence-electron chi connectivity index (χ1n) is 9.16. The molecule has 0 N–H and O–H groups in total. The van der Waals surface area contributed by atoms with E-state index in [1.54, 1.807) is 40.5 Å². The molecule has 4 nitrogen and oxygen atoms in total. The zero-order valence-electron chi connectivity index (χ0n) is 14.6. The number of hydrogen-bond acceptors (Lipinski definition) is 4. The van der Waals surface area contributed by atoms with Crippen LogP contribution in [0.2, 0.25) is 0 Å². The number of thiophene rings is 1. The summed E-state index contributed by atoms with van der Waals surface area (Å²) >= 11 is 1.64. The lowest BCUT2D eigenvalue weighted by molar-refractivity contribution is -0.136. The molecule has 0 unspecified atom stereocenters. The van der Waals surface area contributed by atoms with Crippen LogP contribution in [0, 0.1) is 0 Å². The Bertz CT molecular complexity index is 869. The van der Waals surface area contributed by atoms with E-state index in [2.05, 4.69) is 6.07 Å². The first-order valence-corrected chi connectivity index (χ1v) is 11.6. The van der Waals surface area contributed by atoms with Crippen LogP contribution >= 0.6 is 11.3 Å². The molecule has 6 heteroatoms. The fourth-order valence-corrected chi connectivity index (χ4v) is 7.06. The Balaban J connectivity index is 1.56. The number of carbonyl (C=O) groups excluding carboxylic acids is 1. The summed E-state index contributed by atoms with van der Waals surface area (Å²) in [6.07, 6.45) is 4.38. The predicted octanol–water partition coefficient (Wildman–Crippen LogP) is 3.63. The third kappa shape index (κ3) is 2.89. The van der Waals surface area contributed by atoms with Gasteiger partial charge in [0.2, 0.25) is 5.91 Å². The van der Waals surface area contributed by atoms with Gasteiger partial charge in [0.25, 0.3) is 0 Å². The van der Waals surface area contributed by atoms with Crippen LogP contribution in [-0.2, 0) is 20.0 Å². The van der Waals surface area contributed by atoms with Crippen LogP contribution in [0.25, 0.3) is 0 Å². The summed E-state index contributed by atoms with van der Waals surface area (Å²) in [7, 11) is -3.39. The standard InChI is InChI=1S/C20H23NO3S2/c22-19(20(11-4-5-12-20)18-9-6-14-25-18)21-13-10-17(15-21)26(23,24)16-7-2-1-3-8-16/h1-3,6-9,14,17H,4-5,10-13,15H2/t17-/m0/s1. The lowest BCUT2D eigenvalue weighted by Gasteiger charge is -2.31. The molecule has 1 atom stereocenters. The number of carbonyl (C=O) groups is 1. The van der Waals surface area contributed by atoms with Crippen molar-refractivity contribution in [3.63, 3.8) is 0 Å². The summed E-state index contributed by atoms with van der Waals surface area (Å²) < 4.78 is 25.8.